The van der Waals surface area contributed by atoms with E-state index in [1.807, 2.05) is 43.3 Å². The topological polar surface area (TPSA) is 38.3 Å². The smallest absolute Gasteiger partial charge is 0.258 e. The number of hydrogen-bond acceptors (Lipinski definition) is 2. The lowest BCUT2D eigenvalue weighted by atomic mass is 10.1. The van der Waals surface area contributed by atoms with Gasteiger partial charge in [-0.25, -0.2) is 0 Å². The number of rotatable bonds is 5. The van der Waals surface area contributed by atoms with Crippen molar-refractivity contribution in [2.24, 2.45) is 0 Å². The first-order valence-corrected chi connectivity index (χ1v) is 7.65. The van der Waals surface area contributed by atoms with E-state index in [4.69, 9.17) is 16.3 Å². The number of carbonyl (C=O) groups is 1. The Hall–Kier alpha value is -1.52. The zero-order chi connectivity index (χ0) is 15.2. The summed E-state index contributed by atoms with van der Waals surface area (Å²) in [7, 11) is 0. The van der Waals surface area contributed by atoms with Gasteiger partial charge >= 0.3 is 0 Å². The molecule has 1 amide bonds. The number of para-hydroxylation sites is 1. The molecule has 0 aromatic heterocycles. The molecule has 21 heavy (non-hydrogen) atoms. The van der Waals surface area contributed by atoms with Crippen LogP contribution < -0.4 is 10.1 Å². The quantitative estimate of drug-likeness (QED) is 0.851. The lowest BCUT2D eigenvalue weighted by Crippen LogP contribution is -2.31. The number of benzene rings is 2. The van der Waals surface area contributed by atoms with Gasteiger partial charge in [-0.3, -0.25) is 4.79 Å². The number of nitrogens with one attached hydrogen (secondary N) is 1. The van der Waals surface area contributed by atoms with Crippen LogP contribution in [0.2, 0.25) is 5.02 Å². The lowest BCUT2D eigenvalue weighted by Gasteiger charge is -2.15. The van der Waals surface area contributed by atoms with Gasteiger partial charge in [-0.05, 0) is 52.7 Å². The molecule has 5 heteroatoms. The van der Waals surface area contributed by atoms with E-state index in [1.165, 1.54) is 0 Å². The van der Waals surface area contributed by atoms with Crippen LogP contribution in [0.1, 0.15) is 18.5 Å². The lowest BCUT2D eigenvalue weighted by molar-refractivity contribution is -0.123. The molecule has 0 aliphatic heterocycles. The molecule has 0 saturated heterocycles. The monoisotopic (exact) mass is 367 g/mol. The van der Waals surface area contributed by atoms with Gasteiger partial charge in [0.25, 0.3) is 5.91 Å². The summed E-state index contributed by atoms with van der Waals surface area (Å²) in [5.41, 5.74) is 0.955. The molecule has 0 aliphatic rings. The minimum Gasteiger partial charge on any atom is -0.483 e. The first-order chi connectivity index (χ1) is 10.1. The summed E-state index contributed by atoms with van der Waals surface area (Å²) < 4.78 is 6.29. The Morgan fingerprint density at radius 3 is 2.76 bits per heavy atom. The second kappa shape index (κ2) is 7.48. The summed E-state index contributed by atoms with van der Waals surface area (Å²) in [5, 5.41) is 3.53. The maximum absolute atomic E-state index is 11.9. The Bertz CT molecular complexity index is 633. The van der Waals surface area contributed by atoms with Crippen molar-refractivity contribution >= 4 is 33.4 Å². The average Bonchev–Trinajstić information content (AvgIpc) is 2.46. The molecule has 2 rings (SSSR count). The van der Waals surface area contributed by atoms with Crippen LogP contribution in [0.4, 0.5) is 0 Å². The Morgan fingerprint density at radius 2 is 2.05 bits per heavy atom. The van der Waals surface area contributed by atoms with Crippen LogP contribution >= 0.6 is 27.5 Å². The Labute approximate surface area is 137 Å². The first-order valence-electron chi connectivity index (χ1n) is 6.48. The number of halogens is 2. The normalized spacial score (nSPS) is 11.8. The van der Waals surface area contributed by atoms with Crippen LogP contribution in [0.25, 0.3) is 0 Å². The molecule has 0 heterocycles. The molecule has 0 aliphatic carbocycles. The van der Waals surface area contributed by atoms with E-state index in [-0.39, 0.29) is 18.6 Å². The van der Waals surface area contributed by atoms with Crippen molar-refractivity contribution in [2.45, 2.75) is 13.0 Å². The molecule has 0 radical (unpaired) electrons. The third-order valence-corrected chi connectivity index (χ3v) is 3.81. The van der Waals surface area contributed by atoms with Crippen molar-refractivity contribution in [2.75, 3.05) is 6.61 Å². The molecule has 3 nitrogen and oxygen atoms in total. The van der Waals surface area contributed by atoms with Crippen molar-refractivity contribution in [1.82, 2.24) is 5.32 Å². The van der Waals surface area contributed by atoms with Gasteiger partial charge in [0.1, 0.15) is 5.75 Å². The fourth-order valence-electron chi connectivity index (χ4n) is 1.85. The second-order valence-electron chi connectivity index (χ2n) is 4.56. The molecule has 1 atom stereocenters. The summed E-state index contributed by atoms with van der Waals surface area (Å²) in [6.45, 7) is 1.87. The largest absolute Gasteiger partial charge is 0.483 e. The van der Waals surface area contributed by atoms with E-state index in [1.54, 1.807) is 12.1 Å². The predicted molar refractivity (Wildman–Crippen MR) is 87.6 cm³/mol. The van der Waals surface area contributed by atoms with Gasteiger partial charge in [0, 0.05) is 5.02 Å². The van der Waals surface area contributed by atoms with E-state index in [0.717, 1.165) is 10.0 Å². The van der Waals surface area contributed by atoms with E-state index in [9.17, 15) is 4.79 Å². The number of carbonyl (C=O) groups excluding carboxylic acids is 1. The highest BCUT2D eigenvalue weighted by Gasteiger charge is 2.11. The highest BCUT2D eigenvalue weighted by molar-refractivity contribution is 9.10. The van der Waals surface area contributed by atoms with Gasteiger partial charge in [0.15, 0.2) is 6.61 Å². The second-order valence-corrected chi connectivity index (χ2v) is 5.85. The SMILES string of the molecule is C[C@H](NC(=O)COc1ccccc1Br)c1cccc(Cl)c1. The molecule has 0 bridgehead atoms. The third-order valence-electron chi connectivity index (χ3n) is 2.92. The van der Waals surface area contributed by atoms with E-state index in [0.29, 0.717) is 10.8 Å². The molecule has 0 fully saturated rings. The summed E-state index contributed by atoms with van der Waals surface area (Å²) in [5.74, 6) is 0.460. The van der Waals surface area contributed by atoms with Gasteiger partial charge in [0.2, 0.25) is 0 Å². The standard InChI is InChI=1S/C16H15BrClNO2/c1-11(12-5-4-6-13(18)9-12)19-16(20)10-21-15-8-3-2-7-14(15)17/h2-9,11H,10H2,1H3,(H,19,20)/t11-/m0/s1. The van der Waals surface area contributed by atoms with E-state index in [2.05, 4.69) is 21.2 Å². The van der Waals surface area contributed by atoms with Gasteiger partial charge in [-0.1, -0.05) is 35.9 Å². The van der Waals surface area contributed by atoms with E-state index >= 15 is 0 Å². The number of ether oxygens (including phenoxy) is 1. The van der Waals surface area contributed by atoms with Gasteiger partial charge in [-0.2, -0.15) is 0 Å². The van der Waals surface area contributed by atoms with Crippen molar-refractivity contribution in [1.29, 1.82) is 0 Å². The molecule has 110 valence electrons. The maximum atomic E-state index is 11.9. The molecule has 0 spiro atoms. The van der Waals surface area contributed by atoms with E-state index < -0.39 is 0 Å². The minimum absolute atomic E-state index is 0.0342. The molecular weight excluding hydrogens is 354 g/mol. The van der Waals surface area contributed by atoms with Gasteiger partial charge in [-0.15, -0.1) is 0 Å². The Kier molecular flexibility index (Phi) is 5.65. The fraction of sp³-hybridized carbons (Fsp3) is 0.188. The maximum Gasteiger partial charge on any atom is 0.258 e. The summed E-state index contributed by atoms with van der Waals surface area (Å²) in [6, 6.07) is 14.7. The Morgan fingerprint density at radius 1 is 1.29 bits per heavy atom. The summed E-state index contributed by atoms with van der Waals surface area (Å²) >= 11 is 9.31. The zero-order valence-corrected chi connectivity index (χ0v) is 13.8. The molecule has 2 aromatic rings. The fourth-order valence-corrected chi connectivity index (χ4v) is 2.45. The summed E-state index contributed by atoms with van der Waals surface area (Å²) in [6.07, 6.45) is 0. The van der Waals surface area contributed by atoms with Gasteiger partial charge in [0.05, 0.1) is 10.5 Å². The zero-order valence-electron chi connectivity index (χ0n) is 11.5. The Balaban J connectivity index is 1.89. The van der Waals surface area contributed by atoms with Gasteiger partial charge < -0.3 is 10.1 Å². The average molecular weight is 369 g/mol. The van der Waals surface area contributed by atoms with Crippen molar-refractivity contribution in [3.8, 4) is 5.75 Å². The van der Waals surface area contributed by atoms with Crippen LogP contribution in [0, 0.1) is 0 Å². The van der Waals surface area contributed by atoms with Crippen LogP contribution in [-0.2, 0) is 4.79 Å². The third kappa shape index (κ3) is 4.76. The molecule has 0 unspecified atom stereocenters. The predicted octanol–water partition coefficient (Wildman–Crippen LogP) is 4.36. The number of hydrogen-bond donors (Lipinski definition) is 1. The molecule has 1 N–H and O–H groups in total. The molecule has 2 aromatic carbocycles. The van der Waals surface area contributed by atoms with Crippen LogP contribution in [0.3, 0.4) is 0 Å². The van der Waals surface area contributed by atoms with Crippen molar-refractivity contribution in [3.63, 3.8) is 0 Å². The van der Waals surface area contributed by atoms with Crippen molar-refractivity contribution in [3.05, 3.63) is 63.6 Å². The highest BCUT2D eigenvalue weighted by atomic mass is 79.9. The first kappa shape index (κ1) is 15.9. The van der Waals surface area contributed by atoms with Crippen LogP contribution in [0.15, 0.2) is 53.0 Å². The summed E-state index contributed by atoms with van der Waals surface area (Å²) in [4.78, 5) is 11.9. The highest BCUT2D eigenvalue weighted by Crippen LogP contribution is 2.23. The van der Waals surface area contributed by atoms with Crippen LogP contribution in [0.5, 0.6) is 5.75 Å². The van der Waals surface area contributed by atoms with Crippen molar-refractivity contribution < 1.29 is 9.53 Å². The minimum atomic E-state index is -0.182. The molecular formula is C16H15BrClNO2. The number of amides is 1. The molecule has 0 saturated carbocycles. The van der Waals surface area contributed by atoms with Crippen LogP contribution in [-0.4, -0.2) is 12.5 Å².